The predicted octanol–water partition coefficient (Wildman–Crippen LogP) is 2.04. The van der Waals surface area contributed by atoms with Crippen LogP contribution in [0, 0.1) is 6.92 Å². The Morgan fingerprint density at radius 1 is 1.14 bits per heavy atom. The fraction of sp³-hybridized carbons (Fsp3) is 0.364. The molecule has 78 valence electrons. The zero-order valence-electron chi connectivity index (χ0n) is 9.03. The van der Waals surface area contributed by atoms with Crippen LogP contribution in [0.4, 0.5) is 0 Å². The molecule has 0 radical (unpaired) electrons. The molecule has 0 aliphatic carbocycles. The first kappa shape index (κ1) is 12.7. The van der Waals surface area contributed by atoms with E-state index in [1.807, 2.05) is 25.1 Å². The summed E-state index contributed by atoms with van der Waals surface area (Å²) in [6.45, 7) is 1.88. The number of aryl methyl sites for hydroxylation is 1. The molecule has 0 saturated heterocycles. The van der Waals surface area contributed by atoms with E-state index < -0.39 is 0 Å². The number of carbonyl (C=O) groups is 1. The molecule has 1 aromatic carbocycles. The SMILES string of the molecule is COC.COC(=O)c1ccccc1C. The van der Waals surface area contributed by atoms with Crippen LogP contribution >= 0.6 is 0 Å². The molecule has 0 aromatic heterocycles. The number of carbonyl (C=O) groups excluding carboxylic acids is 1. The van der Waals surface area contributed by atoms with Crippen LogP contribution in [0.5, 0.6) is 0 Å². The molecule has 3 heteroatoms. The molecule has 0 aliphatic heterocycles. The Kier molecular flexibility index (Phi) is 6.41. The van der Waals surface area contributed by atoms with Gasteiger partial charge < -0.3 is 9.47 Å². The third kappa shape index (κ3) is 4.05. The number of benzene rings is 1. The van der Waals surface area contributed by atoms with Crippen LogP contribution in [0.3, 0.4) is 0 Å². The third-order valence-corrected chi connectivity index (χ3v) is 1.55. The number of hydrogen-bond donors (Lipinski definition) is 0. The molecule has 3 nitrogen and oxygen atoms in total. The standard InChI is InChI=1S/C9H10O2.C2H6O/c1-7-5-3-4-6-8(7)9(10)11-2;1-3-2/h3-6H,1-2H3;1-2H3. The lowest BCUT2D eigenvalue weighted by atomic mass is 10.1. The highest BCUT2D eigenvalue weighted by molar-refractivity contribution is 5.90. The Morgan fingerprint density at radius 3 is 2.07 bits per heavy atom. The summed E-state index contributed by atoms with van der Waals surface area (Å²) in [5.74, 6) is -0.275. The van der Waals surface area contributed by atoms with Crippen LogP contribution in [0.2, 0.25) is 0 Å². The van der Waals surface area contributed by atoms with Crippen molar-refractivity contribution in [2.75, 3.05) is 21.3 Å². The molecule has 0 spiro atoms. The molecule has 0 bridgehead atoms. The topological polar surface area (TPSA) is 35.5 Å². The average Bonchev–Trinajstić information content (AvgIpc) is 2.19. The minimum absolute atomic E-state index is 0.275. The smallest absolute Gasteiger partial charge is 0.338 e. The maximum Gasteiger partial charge on any atom is 0.338 e. The van der Waals surface area contributed by atoms with E-state index in [2.05, 4.69) is 9.47 Å². The van der Waals surface area contributed by atoms with E-state index >= 15 is 0 Å². The average molecular weight is 196 g/mol. The van der Waals surface area contributed by atoms with E-state index in [1.54, 1.807) is 20.3 Å². The van der Waals surface area contributed by atoms with Gasteiger partial charge in [0.2, 0.25) is 0 Å². The highest BCUT2D eigenvalue weighted by Gasteiger charge is 2.05. The van der Waals surface area contributed by atoms with Crippen molar-refractivity contribution in [3.63, 3.8) is 0 Å². The van der Waals surface area contributed by atoms with E-state index in [1.165, 1.54) is 7.11 Å². The van der Waals surface area contributed by atoms with Crippen molar-refractivity contribution in [2.45, 2.75) is 6.92 Å². The Labute approximate surface area is 84.7 Å². The third-order valence-electron chi connectivity index (χ3n) is 1.55. The van der Waals surface area contributed by atoms with Crippen LogP contribution in [0.15, 0.2) is 24.3 Å². The Bertz CT molecular complexity index is 282. The van der Waals surface area contributed by atoms with Gasteiger partial charge in [-0.1, -0.05) is 18.2 Å². The second-order valence-electron chi connectivity index (χ2n) is 2.71. The lowest BCUT2D eigenvalue weighted by Gasteiger charge is -2.00. The first-order valence-corrected chi connectivity index (χ1v) is 4.21. The molecule has 0 fully saturated rings. The van der Waals surface area contributed by atoms with Crippen molar-refractivity contribution < 1.29 is 14.3 Å². The maximum atomic E-state index is 11.0. The number of ether oxygens (including phenoxy) is 2. The molecule has 0 amide bonds. The van der Waals surface area contributed by atoms with E-state index in [0.717, 1.165) is 5.56 Å². The molecule has 0 saturated carbocycles. The summed E-state index contributed by atoms with van der Waals surface area (Å²) in [5, 5.41) is 0. The zero-order valence-corrected chi connectivity index (χ0v) is 9.03. The molecule has 0 heterocycles. The van der Waals surface area contributed by atoms with Gasteiger partial charge in [-0.3, -0.25) is 0 Å². The second kappa shape index (κ2) is 7.09. The van der Waals surface area contributed by atoms with Crippen molar-refractivity contribution in [2.24, 2.45) is 0 Å². The summed E-state index contributed by atoms with van der Waals surface area (Å²) < 4.78 is 8.83. The Balaban J connectivity index is 0.000000500. The minimum Gasteiger partial charge on any atom is -0.465 e. The van der Waals surface area contributed by atoms with Gasteiger partial charge in [-0.15, -0.1) is 0 Å². The summed E-state index contributed by atoms with van der Waals surface area (Å²) >= 11 is 0. The number of esters is 1. The van der Waals surface area contributed by atoms with Gasteiger partial charge in [0.25, 0.3) is 0 Å². The molecule has 1 rings (SSSR count). The van der Waals surface area contributed by atoms with Gasteiger partial charge in [0.15, 0.2) is 0 Å². The number of methoxy groups -OCH3 is 2. The van der Waals surface area contributed by atoms with Crippen LogP contribution in [-0.2, 0) is 9.47 Å². The predicted molar refractivity (Wildman–Crippen MR) is 55.5 cm³/mol. The largest absolute Gasteiger partial charge is 0.465 e. The van der Waals surface area contributed by atoms with Crippen LogP contribution in [-0.4, -0.2) is 27.3 Å². The van der Waals surface area contributed by atoms with Crippen molar-refractivity contribution in [1.82, 2.24) is 0 Å². The van der Waals surface area contributed by atoms with Gasteiger partial charge >= 0.3 is 5.97 Å². The van der Waals surface area contributed by atoms with Gasteiger partial charge in [0.05, 0.1) is 12.7 Å². The van der Waals surface area contributed by atoms with Crippen molar-refractivity contribution >= 4 is 5.97 Å². The lowest BCUT2D eigenvalue weighted by Crippen LogP contribution is -2.02. The van der Waals surface area contributed by atoms with E-state index in [-0.39, 0.29) is 5.97 Å². The van der Waals surface area contributed by atoms with Gasteiger partial charge in [0, 0.05) is 14.2 Å². The normalized spacial score (nSPS) is 8.57. The quantitative estimate of drug-likeness (QED) is 0.645. The summed E-state index contributed by atoms with van der Waals surface area (Å²) in [4.78, 5) is 11.0. The summed E-state index contributed by atoms with van der Waals surface area (Å²) in [6.07, 6.45) is 0. The fourth-order valence-electron chi connectivity index (χ4n) is 0.912. The lowest BCUT2D eigenvalue weighted by molar-refractivity contribution is 0.0600. The Morgan fingerprint density at radius 2 is 1.64 bits per heavy atom. The van der Waals surface area contributed by atoms with E-state index in [0.29, 0.717) is 5.56 Å². The van der Waals surface area contributed by atoms with Crippen molar-refractivity contribution in [3.8, 4) is 0 Å². The van der Waals surface area contributed by atoms with Crippen LogP contribution in [0.25, 0.3) is 0 Å². The van der Waals surface area contributed by atoms with Gasteiger partial charge in [-0.05, 0) is 18.6 Å². The first-order valence-electron chi connectivity index (χ1n) is 4.21. The molecule has 0 atom stereocenters. The molecule has 0 aliphatic rings. The van der Waals surface area contributed by atoms with Gasteiger partial charge in [-0.25, -0.2) is 4.79 Å². The van der Waals surface area contributed by atoms with Gasteiger partial charge in [0.1, 0.15) is 0 Å². The second-order valence-corrected chi connectivity index (χ2v) is 2.71. The molecular weight excluding hydrogens is 180 g/mol. The first-order chi connectivity index (χ1) is 6.67. The monoisotopic (exact) mass is 196 g/mol. The van der Waals surface area contributed by atoms with Crippen molar-refractivity contribution in [1.29, 1.82) is 0 Å². The molecule has 1 aromatic rings. The fourth-order valence-corrected chi connectivity index (χ4v) is 0.912. The summed E-state index contributed by atoms with van der Waals surface area (Å²) in [5.41, 5.74) is 1.58. The highest BCUT2D eigenvalue weighted by atomic mass is 16.5. The van der Waals surface area contributed by atoms with Gasteiger partial charge in [-0.2, -0.15) is 0 Å². The molecule has 14 heavy (non-hydrogen) atoms. The van der Waals surface area contributed by atoms with E-state index in [9.17, 15) is 4.79 Å². The maximum absolute atomic E-state index is 11.0. The van der Waals surface area contributed by atoms with E-state index in [4.69, 9.17) is 0 Å². The summed E-state index contributed by atoms with van der Waals surface area (Å²) in [7, 11) is 4.63. The highest BCUT2D eigenvalue weighted by Crippen LogP contribution is 2.07. The molecule has 0 N–H and O–H groups in total. The zero-order chi connectivity index (χ0) is 11.0. The van der Waals surface area contributed by atoms with Crippen LogP contribution < -0.4 is 0 Å². The summed E-state index contributed by atoms with van der Waals surface area (Å²) in [6, 6.07) is 7.34. The molecule has 0 unspecified atom stereocenters. The molecular formula is C11H16O3. The Hall–Kier alpha value is -1.35. The van der Waals surface area contributed by atoms with Crippen molar-refractivity contribution in [3.05, 3.63) is 35.4 Å². The minimum atomic E-state index is -0.275. The van der Waals surface area contributed by atoms with Crippen LogP contribution in [0.1, 0.15) is 15.9 Å². The number of rotatable bonds is 1. The number of hydrogen-bond acceptors (Lipinski definition) is 3.